The van der Waals surface area contributed by atoms with E-state index in [0.717, 1.165) is 5.56 Å². The van der Waals surface area contributed by atoms with Crippen LogP contribution in [0, 0.1) is 0 Å². The molecule has 0 bridgehead atoms. The van der Waals surface area contributed by atoms with E-state index in [-0.39, 0.29) is 0 Å². The smallest absolute Gasteiger partial charge is 0.328 e. The van der Waals surface area contributed by atoms with E-state index in [1.807, 2.05) is 6.07 Å². The fourth-order valence-electron chi connectivity index (χ4n) is 1.47. The van der Waals surface area contributed by atoms with Crippen molar-refractivity contribution in [3.63, 3.8) is 0 Å². The molecule has 0 amide bonds. The maximum Gasteiger partial charge on any atom is 0.328 e. The first-order valence-corrected chi connectivity index (χ1v) is 6.17. The highest BCUT2D eigenvalue weighted by Gasteiger charge is 2.01. The maximum absolute atomic E-state index is 11.5. The Morgan fingerprint density at radius 1 is 1.44 bits per heavy atom. The Balaban J connectivity index is 1.89. The van der Waals surface area contributed by atoms with Crippen molar-refractivity contribution in [1.82, 2.24) is 14.9 Å². The van der Waals surface area contributed by atoms with Gasteiger partial charge in [-0.3, -0.25) is 14.3 Å². The van der Waals surface area contributed by atoms with Gasteiger partial charge in [0.15, 0.2) is 0 Å². The summed E-state index contributed by atoms with van der Waals surface area (Å²) in [5.41, 5.74) is 0.223. The summed E-state index contributed by atoms with van der Waals surface area (Å²) >= 11 is 3.08. The molecule has 0 fully saturated rings. The first kappa shape index (κ1) is 12.8. The Morgan fingerprint density at radius 3 is 3.00 bits per heavy atom. The molecule has 2 aromatic rings. The molecule has 0 aliphatic heterocycles. The topological polar surface area (TPSA) is 80.0 Å². The third kappa shape index (κ3) is 3.21. The van der Waals surface area contributed by atoms with Crippen LogP contribution in [-0.4, -0.2) is 16.1 Å². The summed E-state index contributed by atoms with van der Waals surface area (Å²) in [7, 11) is 0. The second-order valence-electron chi connectivity index (χ2n) is 3.74. The number of halogens is 1. The summed E-state index contributed by atoms with van der Waals surface area (Å²) in [6.45, 7) is 1.77. The van der Waals surface area contributed by atoms with Gasteiger partial charge in [0.05, 0.1) is 17.0 Å². The van der Waals surface area contributed by atoms with Gasteiger partial charge in [0.25, 0.3) is 5.56 Å². The van der Waals surface area contributed by atoms with Gasteiger partial charge in [-0.15, -0.1) is 0 Å². The largest absolute Gasteiger partial charge is 0.472 e. The van der Waals surface area contributed by atoms with E-state index in [2.05, 4.69) is 26.2 Å². The lowest BCUT2D eigenvalue weighted by Gasteiger charge is -2.06. The van der Waals surface area contributed by atoms with E-state index in [1.165, 1.54) is 10.8 Å². The Morgan fingerprint density at radius 2 is 2.28 bits per heavy atom. The zero-order valence-electron chi connectivity index (χ0n) is 9.48. The molecule has 6 nitrogen and oxygen atoms in total. The standard InChI is InChI=1S/C11H12BrN3O3/c12-9-6-15(11(17)14-10(9)16)3-2-13-5-8-1-4-18-7-8/h1,4,6-7,13H,2-3,5H2,(H,14,16,17). The molecule has 0 atom stereocenters. The highest BCUT2D eigenvalue weighted by molar-refractivity contribution is 9.10. The molecule has 2 heterocycles. The molecule has 18 heavy (non-hydrogen) atoms. The van der Waals surface area contributed by atoms with Gasteiger partial charge in [-0.25, -0.2) is 4.79 Å². The molecule has 0 saturated carbocycles. The Hall–Kier alpha value is -1.60. The van der Waals surface area contributed by atoms with Crippen molar-refractivity contribution in [2.45, 2.75) is 13.1 Å². The van der Waals surface area contributed by atoms with E-state index in [0.29, 0.717) is 24.1 Å². The lowest BCUT2D eigenvalue weighted by Crippen LogP contribution is -2.32. The lowest BCUT2D eigenvalue weighted by molar-refractivity contribution is 0.551. The number of hydrogen-bond donors (Lipinski definition) is 2. The quantitative estimate of drug-likeness (QED) is 0.796. The molecule has 96 valence electrons. The van der Waals surface area contributed by atoms with Crippen LogP contribution in [0.2, 0.25) is 0 Å². The van der Waals surface area contributed by atoms with Crippen molar-refractivity contribution < 1.29 is 4.42 Å². The molecule has 0 unspecified atom stereocenters. The minimum atomic E-state index is -0.414. The van der Waals surface area contributed by atoms with Gasteiger partial charge in [-0.2, -0.15) is 0 Å². The van der Waals surface area contributed by atoms with Crippen molar-refractivity contribution in [3.05, 3.63) is 55.7 Å². The molecule has 7 heteroatoms. The van der Waals surface area contributed by atoms with Crippen LogP contribution in [0.15, 0.2) is 43.3 Å². The van der Waals surface area contributed by atoms with Crippen molar-refractivity contribution in [3.8, 4) is 0 Å². The van der Waals surface area contributed by atoms with Gasteiger partial charge >= 0.3 is 5.69 Å². The molecule has 2 rings (SSSR count). The zero-order valence-corrected chi connectivity index (χ0v) is 11.1. The number of nitrogens with zero attached hydrogens (tertiary/aromatic N) is 1. The summed E-state index contributed by atoms with van der Waals surface area (Å²) in [5.74, 6) is 0. The van der Waals surface area contributed by atoms with E-state index in [1.54, 1.807) is 12.5 Å². The Labute approximate surface area is 111 Å². The van der Waals surface area contributed by atoms with Crippen LogP contribution in [0.3, 0.4) is 0 Å². The first-order chi connectivity index (χ1) is 8.66. The second-order valence-corrected chi connectivity index (χ2v) is 4.59. The van der Waals surface area contributed by atoms with Crippen molar-refractivity contribution in [2.75, 3.05) is 6.54 Å². The van der Waals surface area contributed by atoms with E-state index in [9.17, 15) is 9.59 Å². The van der Waals surface area contributed by atoms with Crippen LogP contribution in [0.1, 0.15) is 5.56 Å². The van der Waals surface area contributed by atoms with Crippen LogP contribution in [0.4, 0.5) is 0 Å². The van der Waals surface area contributed by atoms with Crippen molar-refractivity contribution in [1.29, 1.82) is 0 Å². The third-order valence-corrected chi connectivity index (χ3v) is 2.97. The predicted molar refractivity (Wildman–Crippen MR) is 69.4 cm³/mol. The van der Waals surface area contributed by atoms with Gasteiger partial charge in [0, 0.05) is 31.4 Å². The second kappa shape index (κ2) is 5.83. The van der Waals surface area contributed by atoms with Gasteiger partial charge in [0.2, 0.25) is 0 Å². The number of rotatable bonds is 5. The summed E-state index contributed by atoms with van der Waals surface area (Å²) in [6.07, 6.45) is 4.76. The zero-order chi connectivity index (χ0) is 13.0. The SMILES string of the molecule is O=c1[nH]c(=O)n(CCNCc2ccoc2)cc1Br. The number of hydrogen-bond acceptors (Lipinski definition) is 4. The average Bonchev–Trinajstić information content (AvgIpc) is 2.84. The molecule has 0 aliphatic rings. The van der Waals surface area contributed by atoms with E-state index >= 15 is 0 Å². The number of H-pyrrole nitrogens is 1. The number of aromatic nitrogens is 2. The number of nitrogens with one attached hydrogen (secondary N) is 2. The predicted octanol–water partition coefficient (Wildman–Crippen LogP) is 0.682. The summed E-state index contributed by atoms with van der Waals surface area (Å²) in [5, 5.41) is 3.17. The molecular weight excluding hydrogens is 302 g/mol. The average molecular weight is 314 g/mol. The van der Waals surface area contributed by atoms with E-state index < -0.39 is 11.2 Å². The van der Waals surface area contributed by atoms with E-state index in [4.69, 9.17) is 4.42 Å². The fourth-order valence-corrected chi connectivity index (χ4v) is 1.82. The van der Waals surface area contributed by atoms with Crippen LogP contribution < -0.4 is 16.6 Å². The molecule has 0 spiro atoms. The minimum Gasteiger partial charge on any atom is -0.472 e. The van der Waals surface area contributed by atoms with Crippen molar-refractivity contribution in [2.24, 2.45) is 0 Å². The van der Waals surface area contributed by atoms with Gasteiger partial charge in [-0.05, 0) is 22.0 Å². The normalized spacial score (nSPS) is 10.7. The van der Waals surface area contributed by atoms with Crippen molar-refractivity contribution >= 4 is 15.9 Å². The molecule has 0 saturated heterocycles. The molecule has 0 aromatic carbocycles. The summed E-state index contributed by atoms with van der Waals surface area (Å²) in [4.78, 5) is 24.8. The molecule has 2 aromatic heterocycles. The van der Waals surface area contributed by atoms with Crippen LogP contribution in [0.5, 0.6) is 0 Å². The minimum absolute atomic E-state index is 0.344. The van der Waals surface area contributed by atoms with Crippen LogP contribution in [0.25, 0.3) is 0 Å². The molecular formula is C11H12BrN3O3. The number of aromatic amines is 1. The lowest BCUT2D eigenvalue weighted by atomic mass is 10.3. The Kier molecular flexibility index (Phi) is 4.16. The maximum atomic E-state index is 11.5. The monoisotopic (exact) mass is 313 g/mol. The molecule has 0 aliphatic carbocycles. The first-order valence-electron chi connectivity index (χ1n) is 5.38. The molecule has 0 radical (unpaired) electrons. The van der Waals surface area contributed by atoms with Gasteiger partial charge in [0.1, 0.15) is 0 Å². The highest BCUT2D eigenvalue weighted by atomic mass is 79.9. The summed E-state index contributed by atoms with van der Waals surface area (Å²) < 4.78 is 6.72. The van der Waals surface area contributed by atoms with Gasteiger partial charge in [-0.1, -0.05) is 0 Å². The summed E-state index contributed by atoms with van der Waals surface area (Å²) in [6, 6.07) is 1.87. The Bertz CT molecular complexity index is 615. The molecule has 2 N–H and O–H groups in total. The van der Waals surface area contributed by atoms with Gasteiger partial charge < -0.3 is 9.73 Å². The van der Waals surface area contributed by atoms with Crippen LogP contribution in [-0.2, 0) is 13.1 Å². The number of furan rings is 1. The third-order valence-electron chi connectivity index (χ3n) is 2.41. The highest BCUT2D eigenvalue weighted by Crippen LogP contribution is 1.99. The van der Waals surface area contributed by atoms with Crippen LogP contribution >= 0.6 is 15.9 Å². The fraction of sp³-hybridized carbons (Fsp3) is 0.273.